The molecule has 1 unspecified atom stereocenters. The zero-order chi connectivity index (χ0) is 22.1. The normalized spacial score (nSPS) is 16.4. The third kappa shape index (κ3) is 4.82. The number of H-pyrrole nitrogens is 1. The summed E-state index contributed by atoms with van der Waals surface area (Å²) in [4.78, 5) is 35.7. The maximum Gasteiger partial charge on any atom is 0.286 e. The van der Waals surface area contributed by atoms with Crippen molar-refractivity contribution in [3.63, 3.8) is 0 Å². The van der Waals surface area contributed by atoms with Crippen LogP contribution in [0.1, 0.15) is 33.3 Å². The van der Waals surface area contributed by atoms with Gasteiger partial charge in [-0.25, -0.2) is 4.98 Å². The molecule has 9 heteroatoms. The number of ether oxygens (including phenoxy) is 1. The minimum absolute atomic E-state index is 0.00441. The number of nitrogens with one attached hydrogen (secondary N) is 3. The highest BCUT2D eigenvalue weighted by Crippen LogP contribution is 2.33. The van der Waals surface area contributed by atoms with E-state index in [1.807, 2.05) is 38.1 Å². The summed E-state index contributed by atoms with van der Waals surface area (Å²) in [6.45, 7) is 8.07. The van der Waals surface area contributed by atoms with Crippen LogP contribution >= 0.6 is 11.8 Å². The molecule has 8 nitrogen and oxygen atoms in total. The Morgan fingerprint density at radius 3 is 2.61 bits per heavy atom. The van der Waals surface area contributed by atoms with Crippen molar-refractivity contribution < 1.29 is 14.3 Å². The van der Waals surface area contributed by atoms with E-state index < -0.39 is 5.25 Å². The fourth-order valence-corrected chi connectivity index (χ4v) is 4.24. The summed E-state index contributed by atoms with van der Waals surface area (Å²) in [5, 5.41) is 4.90. The SMILES string of the molecule is CC(C)Nc1nc2c(OC(C)C)cc(-c3ccc(CC4SC(=O)NC4=O)cn3)cc2[nH]1. The molecule has 1 aliphatic rings. The number of hydrogen-bond donors (Lipinski definition) is 3. The van der Waals surface area contributed by atoms with Gasteiger partial charge in [0.1, 0.15) is 11.3 Å². The number of anilines is 1. The van der Waals surface area contributed by atoms with Crippen LogP contribution in [-0.2, 0) is 11.2 Å². The van der Waals surface area contributed by atoms with Gasteiger partial charge in [-0.15, -0.1) is 0 Å². The molecule has 4 rings (SSSR count). The molecule has 0 spiro atoms. The number of carbonyl (C=O) groups is 2. The van der Waals surface area contributed by atoms with Gasteiger partial charge in [-0.2, -0.15) is 0 Å². The van der Waals surface area contributed by atoms with Crippen molar-refractivity contribution >= 4 is 39.9 Å². The van der Waals surface area contributed by atoms with Crippen LogP contribution in [0.2, 0.25) is 0 Å². The highest BCUT2D eigenvalue weighted by atomic mass is 32.2. The van der Waals surface area contributed by atoms with E-state index in [2.05, 4.69) is 39.4 Å². The van der Waals surface area contributed by atoms with Crippen molar-refractivity contribution in [2.45, 2.75) is 51.5 Å². The van der Waals surface area contributed by atoms with Crippen LogP contribution in [-0.4, -0.2) is 43.5 Å². The maximum absolute atomic E-state index is 11.8. The average Bonchev–Trinajstić information content (AvgIpc) is 3.23. The Kier molecular flexibility index (Phi) is 5.86. The van der Waals surface area contributed by atoms with Gasteiger partial charge in [-0.3, -0.25) is 19.9 Å². The minimum Gasteiger partial charge on any atom is -0.489 e. The van der Waals surface area contributed by atoms with Crippen LogP contribution in [0.15, 0.2) is 30.5 Å². The fraction of sp³-hybridized carbons (Fsp3) is 0.364. The molecule has 2 aromatic heterocycles. The van der Waals surface area contributed by atoms with Gasteiger partial charge in [-0.05, 0) is 57.9 Å². The lowest BCUT2D eigenvalue weighted by atomic mass is 10.1. The number of thioether (sulfide) groups is 1. The Morgan fingerprint density at radius 1 is 1.19 bits per heavy atom. The summed E-state index contributed by atoms with van der Waals surface area (Å²) in [5.74, 6) is 1.14. The summed E-state index contributed by atoms with van der Waals surface area (Å²) in [5.41, 5.74) is 4.21. The van der Waals surface area contributed by atoms with Gasteiger partial charge in [0.05, 0.1) is 22.6 Å². The van der Waals surface area contributed by atoms with Gasteiger partial charge in [-0.1, -0.05) is 17.8 Å². The van der Waals surface area contributed by atoms with Gasteiger partial charge < -0.3 is 15.0 Å². The van der Waals surface area contributed by atoms with E-state index >= 15 is 0 Å². The lowest BCUT2D eigenvalue weighted by Crippen LogP contribution is -2.25. The number of rotatable bonds is 7. The molecule has 1 aliphatic heterocycles. The molecular formula is C22H25N5O3S. The molecule has 1 saturated heterocycles. The second kappa shape index (κ2) is 8.58. The van der Waals surface area contributed by atoms with Crippen molar-refractivity contribution in [2.75, 3.05) is 5.32 Å². The van der Waals surface area contributed by atoms with E-state index in [-0.39, 0.29) is 23.3 Å². The maximum atomic E-state index is 11.8. The molecule has 3 aromatic rings. The molecule has 3 heterocycles. The van der Waals surface area contributed by atoms with Gasteiger partial charge in [0, 0.05) is 17.8 Å². The molecule has 0 bridgehead atoms. The summed E-state index contributed by atoms with van der Waals surface area (Å²) in [6, 6.07) is 8.05. The molecule has 0 aliphatic carbocycles. The standard InChI is InChI=1S/C22H25N5O3S/c1-11(2)24-21-25-16-8-14(9-17(19(16)26-21)30-12(3)4)15-6-5-13(10-23-15)7-18-20(28)27-22(29)31-18/h5-6,8-12,18H,7H2,1-4H3,(H2,24,25,26)(H,27,28,29). The van der Waals surface area contributed by atoms with Crippen molar-refractivity contribution in [3.8, 4) is 17.0 Å². The zero-order valence-electron chi connectivity index (χ0n) is 17.9. The van der Waals surface area contributed by atoms with Crippen LogP contribution in [0.4, 0.5) is 10.7 Å². The number of amides is 2. The van der Waals surface area contributed by atoms with Crippen LogP contribution in [0.3, 0.4) is 0 Å². The molecule has 1 atom stereocenters. The van der Waals surface area contributed by atoms with Crippen LogP contribution in [0, 0.1) is 0 Å². The third-order valence-electron chi connectivity index (χ3n) is 4.65. The molecule has 3 N–H and O–H groups in total. The lowest BCUT2D eigenvalue weighted by molar-refractivity contribution is -0.118. The van der Waals surface area contributed by atoms with Crippen LogP contribution in [0.5, 0.6) is 5.75 Å². The quantitative estimate of drug-likeness (QED) is 0.508. The highest BCUT2D eigenvalue weighted by molar-refractivity contribution is 8.15. The number of pyridine rings is 1. The topological polar surface area (TPSA) is 109 Å². The first-order valence-electron chi connectivity index (χ1n) is 10.2. The molecular weight excluding hydrogens is 414 g/mol. The number of carbonyl (C=O) groups excluding carboxylic acids is 2. The second-order valence-corrected chi connectivity index (χ2v) is 9.24. The minimum atomic E-state index is -0.403. The monoisotopic (exact) mass is 439 g/mol. The average molecular weight is 440 g/mol. The van der Waals surface area contributed by atoms with Crippen molar-refractivity contribution in [1.82, 2.24) is 20.3 Å². The highest BCUT2D eigenvalue weighted by Gasteiger charge is 2.31. The third-order valence-corrected chi connectivity index (χ3v) is 5.63. The van der Waals surface area contributed by atoms with Gasteiger partial charge in [0.2, 0.25) is 11.9 Å². The van der Waals surface area contributed by atoms with E-state index in [1.165, 1.54) is 0 Å². The van der Waals surface area contributed by atoms with Crippen LogP contribution in [0.25, 0.3) is 22.3 Å². The van der Waals surface area contributed by atoms with Crippen molar-refractivity contribution in [2.24, 2.45) is 0 Å². The number of benzene rings is 1. The lowest BCUT2D eigenvalue weighted by Gasteiger charge is -2.12. The first-order chi connectivity index (χ1) is 14.8. The molecule has 1 aromatic carbocycles. The Labute approximate surface area is 184 Å². The van der Waals surface area contributed by atoms with E-state index in [0.717, 1.165) is 39.6 Å². The molecule has 0 saturated carbocycles. The predicted molar refractivity (Wildman–Crippen MR) is 122 cm³/mol. The number of hydrogen-bond acceptors (Lipinski definition) is 7. The predicted octanol–water partition coefficient (Wildman–Crippen LogP) is 4.13. The Morgan fingerprint density at radius 2 is 2.00 bits per heavy atom. The smallest absolute Gasteiger partial charge is 0.286 e. The summed E-state index contributed by atoms with van der Waals surface area (Å²) < 4.78 is 6.03. The number of imide groups is 1. The van der Waals surface area contributed by atoms with E-state index in [4.69, 9.17) is 4.74 Å². The first kappa shape index (κ1) is 21.2. The Hall–Kier alpha value is -3.07. The molecule has 31 heavy (non-hydrogen) atoms. The number of nitrogens with zero attached hydrogens (tertiary/aromatic N) is 2. The van der Waals surface area contributed by atoms with E-state index in [0.29, 0.717) is 18.1 Å². The van der Waals surface area contributed by atoms with Crippen molar-refractivity contribution in [1.29, 1.82) is 0 Å². The van der Waals surface area contributed by atoms with Crippen molar-refractivity contribution in [3.05, 3.63) is 36.0 Å². The largest absolute Gasteiger partial charge is 0.489 e. The van der Waals surface area contributed by atoms with Gasteiger partial charge in [0.15, 0.2) is 0 Å². The Bertz CT molecular complexity index is 1120. The van der Waals surface area contributed by atoms with E-state index in [1.54, 1.807) is 6.20 Å². The first-order valence-corrected chi connectivity index (χ1v) is 11.1. The Balaban J connectivity index is 1.63. The van der Waals surface area contributed by atoms with E-state index in [9.17, 15) is 9.59 Å². The van der Waals surface area contributed by atoms with Crippen LogP contribution < -0.4 is 15.4 Å². The second-order valence-electron chi connectivity index (χ2n) is 8.06. The summed E-state index contributed by atoms with van der Waals surface area (Å²) in [7, 11) is 0. The fourth-order valence-electron chi connectivity index (χ4n) is 3.38. The molecule has 162 valence electrons. The van der Waals surface area contributed by atoms with Gasteiger partial charge in [0.25, 0.3) is 5.24 Å². The molecule has 1 fully saturated rings. The summed E-state index contributed by atoms with van der Waals surface area (Å²) in [6.07, 6.45) is 2.21. The summed E-state index contributed by atoms with van der Waals surface area (Å²) >= 11 is 1.02. The molecule has 2 amide bonds. The number of imidazole rings is 1. The van der Waals surface area contributed by atoms with Gasteiger partial charge >= 0.3 is 0 Å². The zero-order valence-corrected chi connectivity index (χ0v) is 18.7. The number of aromatic amines is 1. The number of fused-ring (bicyclic) bond motifs is 1. The number of aromatic nitrogens is 3. The molecule has 0 radical (unpaired) electrons.